The average molecular weight is 230 g/mol. The largest absolute Gasteiger partial charge is 0.393 e. The molecule has 2 heteroatoms. The van der Waals surface area contributed by atoms with E-state index in [1.54, 1.807) is 6.92 Å². The SMILES string of the molecule is CC(C)CC(CC(C)C)C(O)CCC(C)O. The lowest BCUT2D eigenvalue weighted by atomic mass is 9.83. The van der Waals surface area contributed by atoms with Crippen LogP contribution in [-0.4, -0.2) is 22.4 Å². The summed E-state index contributed by atoms with van der Waals surface area (Å²) in [4.78, 5) is 0. The van der Waals surface area contributed by atoms with Gasteiger partial charge in [-0.15, -0.1) is 0 Å². The average Bonchev–Trinajstić information content (AvgIpc) is 2.11. The Morgan fingerprint density at radius 2 is 1.19 bits per heavy atom. The zero-order valence-corrected chi connectivity index (χ0v) is 11.6. The highest BCUT2D eigenvalue weighted by Gasteiger charge is 2.21. The minimum atomic E-state index is -0.298. The third kappa shape index (κ3) is 8.12. The van der Waals surface area contributed by atoms with Gasteiger partial charge in [0.1, 0.15) is 0 Å². The molecule has 2 N–H and O–H groups in total. The Morgan fingerprint density at radius 3 is 1.50 bits per heavy atom. The molecule has 0 saturated carbocycles. The molecule has 0 aromatic rings. The second kappa shape index (κ2) is 8.08. The Labute approximate surface area is 101 Å². The molecule has 98 valence electrons. The molecule has 0 aliphatic carbocycles. The number of rotatable bonds is 8. The first-order chi connectivity index (χ1) is 7.32. The molecule has 0 fully saturated rings. The van der Waals surface area contributed by atoms with Crippen molar-refractivity contribution in [2.45, 2.75) is 72.5 Å². The van der Waals surface area contributed by atoms with Crippen LogP contribution in [0, 0.1) is 17.8 Å². The van der Waals surface area contributed by atoms with Crippen molar-refractivity contribution in [3.05, 3.63) is 0 Å². The molecule has 0 bridgehead atoms. The summed E-state index contributed by atoms with van der Waals surface area (Å²) in [6, 6.07) is 0. The summed E-state index contributed by atoms with van der Waals surface area (Å²) in [5.41, 5.74) is 0. The second-order valence-electron chi connectivity index (χ2n) is 6.01. The van der Waals surface area contributed by atoms with Crippen LogP contribution in [0.1, 0.15) is 60.3 Å². The van der Waals surface area contributed by atoms with Gasteiger partial charge in [-0.3, -0.25) is 0 Å². The molecule has 0 saturated heterocycles. The van der Waals surface area contributed by atoms with Gasteiger partial charge in [0.05, 0.1) is 12.2 Å². The monoisotopic (exact) mass is 230 g/mol. The second-order valence-corrected chi connectivity index (χ2v) is 6.01. The van der Waals surface area contributed by atoms with Gasteiger partial charge in [0.15, 0.2) is 0 Å². The molecule has 0 rings (SSSR count). The van der Waals surface area contributed by atoms with Gasteiger partial charge in [-0.05, 0) is 50.4 Å². The lowest BCUT2D eigenvalue weighted by Gasteiger charge is -2.26. The van der Waals surface area contributed by atoms with Crippen molar-refractivity contribution in [3.8, 4) is 0 Å². The van der Waals surface area contributed by atoms with Gasteiger partial charge in [-0.1, -0.05) is 27.7 Å². The molecule has 0 spiro atoms. The van der Waals surface area contributed by atoms with Crippen LogP contribution in [-0.2, 0) is 0 Å². The lowest BCUT2D eigenvalue weighted by Crippen LogP contribution is -2.24. The Morgan fingerprint density at radius 1 is 0.750 bits per heavy atom. The maximum Gasteiger partial charge on any atom is 0.0569 e. The first kappa shape index (κ1) is 15.9. The number of aliphatic hydroxyl groups is 2. The van der Waals surface area contributed by atoms with E-state index in [0.29, 0.717) is 24.2 Å². The van der Waals surface area contributed by atoms with Crippen LogP contribution in [0.15, 0.2) is 0 Å². The molecule has 0 amide bonds. The van der Waals surface area contributed by atoms with E-state index in [0.717, 1.165) is 19.3 Å². The van der Waals surface area contributed by atoms with Crippen molar-refractivity contribution in [2.24, 2.45) is 17.8 Å². The molecule has 0 aliphatic rings. The molecule has 0 heterocycles. The van der Waals surface area contributed by atoms with E-state index in [1.165, 1.54) is 0 Å². The Hall–Kier alpha value is -0.0800. The predicted molar refractivity (Wildman–Crippen MR) is 69.3 cm³/mol. The maximum atomic E-state index is 10.1. The van der Waals surface area contributed by atoms with Gasteiger partial charge in [-0.25, -0.2) is 0 Å². The van der Waals surface area contributed by atoms with E-state index in [4.69, 9.17) is 0 Å². The molecule has 2 nitrogen and oxygen atoms in total. The molecule has 2 atom stereocenters. The predicted octanol–water partition coefficient (Wildman–Crippen LogP) is 3.22. The lowest BCUT2D eigenvalue weighted by molar-refractivity contribution is 0.0587. The minimum Gasteiger partial charge on any atom is -0.393 e. The molecular weight excluding hydrogens is 200 g/mol. The van der Waals surface area contributed by atoms with Crippen molar-refractivity contribution < 1.29 is 10.2 Å². The fourth-order valence-corrected chi connectivity index (χ4v) is 2.27. The van der Waals surface area contributed by atoms with Crippen molar-refractivity contribution in [1.82, 2.24) is 0 Å². The standard InChI is InChI=1S/C14H30O2/c1-10(2)8-13(9-11(3)4)14(16)7-6-12(5)15/h10-16H,6-9H2,1-5H3. The normalized spacial score (nSPS) is 16.1. The molecule has 2 unspecified atom stereocenters. The molecule has 0 aromatic heterocycles. The summed E-state index contributed by atoms with van der Waals surface area (Å²) in [6.07, 6.45) is 3.04. The first-order valence-corrected chi connectivity index (χ1v) is 6.69. The van der Waals surface area contributed by atoms with Crippen LogP contribution in [0.25, 0.3) is 0 Å². The molecular formula is C14H30O2. The molecule has 0 aromatic carbocycles. The summed E-state index contributed by atoms with van der Waals surface area (Å²) in [5.74, 6) is 1.65. The topological polar surface area (TPSA) is 40.5 Å². The fourth-order valence-electron chi connectivity index (χ4n) is 2.27. The van der Waals surface area contributed by atoms with E-state index < -0.39 is 0 Å². The zero-order chi connectivity index (χ0) is 12.7. The van der Waals surface area contributed by atoms with Crippen molar-refractivity contribution >= 4 is 0 Å². The van der Waals surface area contributed by atoms with Gasteiger partial charge >= 0.3 is 0 Å². The van der Waals surface area contributed by atoms with Gasteiger partial charge in [0.25, 0.3) is 0 Å². The van der Waals surface area contributed by atoms with E-state index in [9.17, 15) is 10.2 Å². The molecule has 0 radical (unpaired) electrons. The summed E-state index contributed by atoms with van der Waals surface area (Å²) in [7, 11) is 0. The van der Waals surface area contributed by atoms with E-state index >= 15 is 0 Å². The van der Waals surface area contributed by atoms with Gasteiger partial charge in [-0.2, -0.15) is 0 Å². The van der Waals surface area contributed by atoms with E-state index in [1.807, 2.05) is 0 Å². The highest BCUT2D eigenvalue weighted by Crippen LogP contribution is 2.25. The van der Waals surface area contributed by atoms with Crippen LogP contribution >= 0.6 is 0 Å². The fraction of sp³-hybridized carbons (Fsp3) is 1.00. The van der Waals surface area contributed by atoms with Gasteiger partial charge in [0, 0.05) is 0 Å². The summed E-state index contributed by atoms with van der Waals surface area (Å²) in [6.45, 7) is 10.6. The zero-order valence-electron chi connectivity index (χ0n) is 11.6. The first-order valence-electron chi connectivity index (χ1n) is 6.69. The van der Waals surface area contributed by atoms with Crippen LogP contribution in [0.2, 0.25) is 0 Å². The number of hydrogen-bond acceptors (Lipinski definition) is 2. The van der Waals surface area contributed by atoms with Gasteiger partial charge in [0.2, 0.25) is 0 Å². The Bertz CT molecular complexity index is 154. The smallest absolute Gasteiger partial charge is 0.0569 e. The van der Waals surface area contributed by atoms with Crippen molar-refractivity contribution in [2.75, 3.05) is 0 Å². The summed E-state index contributed by atoms with van der Waals surface area (Å²) in [5, 5.41) is 19.4. The molecule has 0 aliphatic heterocycles. The van der Waals surface area contributed by atoms with E-state index in [2.05, 4.69) is 27.7 Å². The highest BCUT2D eigenvalue weighted by molar-refractivity contribution is 4.72. The van der Waals surface area contributed by atoms with E-state index in [-0.39, 0.29) is 12.2 Å². The Kier molecular flexibility index (Phi) is 8.04. The van der Waals surface area contributed by atoms with Crippen LogP contribution in [0.5, 0.6) is 0 Å². The van der Waals surface area contributed by atoms with Crippen molar-refractivity contribution in [3.63, 3.8) is 0 Å². The number of aliphatic hydroxyl groups excluding tert-OH is 2. The van der Waals surface area contributed by atoms with Crippen LogP contribution in [0.4, 0.5) is 0 Å². The summed E-state index contributed by atoms with van der Waals surface area (Å²) >= 11 is 0. The van der Waals surface area contributed by atoms with Crippen LogP contribution in [0.3, 0.4) is 0 Å². The quantitative estimate of drug-likeness (QED) is 0.672. The minimum absolute atomic E-state index is 0.251. The Balaban J connectivity index is 4.14. The highest BCUT2D eigenvalue weighted by atomic mass is 16.3. The molecule has 16 heavy (non-hydrogen) atoms. The third-order valence-corrected chi connectivity index (χ3v) is 2.97. The number of hydrogen-bond donors (Lipinski definition) is 2. The van der Waals surface area contributed by atoms with Crippen LogP contribution < -0.4 is 0 Å². The third-order valence-electron chi connectivity index (χ3n) is 2.97. The maximum absolute atomic E-state index is 10.1. The van der Waals surface area contributed by atoms with Gasteiger partial charge < -0.3 is 10.2 Å². The summed E-state index contributed by atoms with van der Waals surface area (Å²) < 4.78 is 0. The van der Waals surface area contributed by atoms with Crippen molar-refractivity contribution in [1.29, 1.82) is 0 Å².